The topological polar surface area (TPSA) is 46.0 Å². The van der Waals surface area contributed by atoms with Crippen LogP contribution in [0.3, 0.4) is 0 Å². The molecule has 0 spiro atoms. The summed E-state index contributed by atoms with van der Waals surface area (Å²) >= 11 is 3.20. The Kier molecular flexibility index (Phi) is 4.27. The Morgan fingerprint density at radius 1 is 1.32 bits per heavy atom. The molecular formula is C14H14BrFN2O. The zero-order valence-electron chi connectivity index (χ0n) is 10.7. The van der Waals surface area contributed by atoms with Gasteiger partial charge in [-0.2, -0.15) is 10.2 Å². The van der Waals surface area contributed by atoms with Gasteiger partial charge in [-0.3, -0.25) is 0 Å². The van der Waals surface area contributed by atoms with E-state index in [1.54, 1.807) is 25.1 Å². The van der Waals surface area contributed by atoms with Crippen LogP contribution >= 0.6 is 15.9 Å². The molecule has 0 fully saturated rings. The van der Waals surface area contributed by atoms with Crippen molar-refractivity contribution >= 4 is 15.9 Å². The summed E-state index contributed by atoms with van der Waals surface area (Å²) in [5, 5.41) is 18.2. The predicted octanol–water partition coefficient (Wildman–Crippen LogP) is 3.27. The lowest BCUT2D eigenvalue weighted by Crippen LogP contribution is -2.07. The molecule has 0 aliphatic carbocycles. The molecule has 0 amide bonds. The van der Waals surface area contributed by atoms with Crippen LogP contribution in [-0.2, 0) is 6.42 Å². The zero-order valence-corrected chi connectivity index (χ0v) is 12.3. The Bertz CT molecular complexity index is 604. The first-order valence-corrected chi connectivity index (χ1v) is 6.70. The first kappa shape index (κ1) is 14.1. The average Bonchev–Trinajstić information content (AvgIpc) is 2.38. The molecule has 1 N–H and O–H groups in total. The average molecular weight is 325 g/mol. The molecule has 0 radical (unpaired) electrons. The maximum Gasteiger partial charge on any atom is 0.137 e. The van der Waals surface area contributed by atoms with Gasteiger partial charge in [0.25, 0.3) is 0 Å². The zero-order chi connectivity index (χ0) is 14.0. The lowest BCUT2D eigenvalue weighted by atomic mass is 10.0. The third-order valence-electron chi connectivity index (χ3n) is 2.94. The van der Waals surface area contributed by atoms with Crippen LogP contribution in [0.5, 0.6) is 0 Å². The van der Waals surface area contributed by atoms with Crippen molar-refractivity contribution in [3.63, 3.8) is 0 Å². The number of hydrogen-bond acceptors (Lipinski definition) is 3. The molecule has 0 saturated carbocycles. The highest BCUT2D eigenvalue weighted by Crippen LogP contribution is 2.26. The minimum Gasteiger partial charge on any atom is -0.388 e. The van der Waals surface area contributed by atoms with E-state index in [9.17, 15) is 9.50 Å². The minimum atomic E-state index is -0.729. The van der Waals surface area contributed by atoms with Crippen LogP contribution in [0, 0.1) is 19.7 Å². The third kappa shape index (κ3) is 3.16. The maximum atomic E-state index is 13.4. The van der Waals surface area contributed by atoms with Crippen LogP contribution in [-0.4, -0.2) is 15.3 Å². The van der Waals surface area contributed by atoms with E-state index >= 15 is 0 Å². The van der Waals surface area contributed by atoms with E-state index < -0.39 is 6.10 Å². The predicted molar refractivity (Wildman–Crippen MR) is 74.3 cm³/mol. The number of hydrogen-bond donors (Lipinski definition) is 1. The standard InChI is InChI=1S/C14H14BrFN2O/c1-8-6-11(9(2)18-17-8)13(19)7-10-4-3-5-12(16)14(10)15/h3-6,13,19H,7H2,1-2H3. The lowest BCUT2D eigenvalue weighted by molar-refractivity contribution is 0.176. The minimum absolute atomic E-state index is 0.324. The molecule has 0 saturated heterocycles. The molecule has 2 rings (SSSR count). The molecule has 5 heteroatoms. The van der Waals surface area contributed by atoms with Crippen LogP contribution in [0.25, 0.3) is 0 Å². The molecule has 100 valence electrons. The summed E-state index contributed by atoms with van der Waals surface area (Å²) in [7, 11) is 0. The van der Waals surface area contributed by atoms with E-state index in [-0.39, 0.29) is 5.82 Å². The van der Waals surface area contributed by atoms with Gasteiger partial charge in [-0.05, 0) is 47.5 Å². The Morgan fingerprint density at radius 2 is 2.05 bits per heavy atom. The number of halogens is 2. The maximum absolute atomic E-state index is 13.4. The van der Waals surface area contributed by atoms with Crippen LogP contribution in [0.15, 0.2) is 28.7 Å². The molecule has 1 heterocycles. The van der Waals surface area contributed by atoms with E-state index in [0.717, 1.165) is 16.8 Å². The van der Waals surface area contributed by atoms with E-state index in [2.05, 4.69) is 26.1 Å². The fraction of sp³-hybridized carbons (Fsp3) is 0.286. The normalized spacial score (nSPS) is 12.5. The van der Waals surface area contributed by atoms with E-state index in [4.69, 9.17) is 0 Å². The number of benzene rings is 1. The molecule has 0 bridgehead atoms. The first-order valence-electron chi connectivity index (χ1n) is 5.91. The highest BCUT2D eigenvalue weighted by molar-refractivity contribution is 9.10. The van der Waals surface area contributed by atoms with Crippen molar-refractivity contribution in [1.82, 2.24) is 10.2 Å². The monoisotopic (exact) mass is 324 g/mol. The van der Waals surface area contributed by atoms with Gasteiger partial charge in [0.15, 0.2) is 0 Å². The van der Waals surface area contributed by atoms with E-state index in [1.807, 2.05) is 6.92 Å². The highest BCUT2D eigenvalue weighted by atomic mass is 79.9. The summed E-state index contributed by atoms with van der Waals surface area (Å²) in [6, 6.07) is 6.60. The third-order valence-corrected chi connectivity index (χ3v) is 3.83. The first-order chi connectivity index (χ1) is 8.99. The number of aromatic nitrogens is 2. The summed E-state index contributed by atoms with van der Waals surface area (Å²) in [4.78, 5) is 0. The summed E-state index contributed by atoms with van der Waals surface area (Å²) in [6.07, 6.45) is -0.406. The van der Waals surface area contributed by atoms with Crippen LogP contribution in [0.4, 0.5) is 4.39 Å². The SMILES string of the molecule is Cc1cc(C(O)Cc2cccc(F)c2Br)c(C)nn1. The van der Waals surface area contributed by atoms with Crippen molar-refractivity contribution in [1.29, 1.82) is 0 Å². The number of rotatable bonds is 3. The van der Waals surface area contributed by atoms with Crippen molar-refractivity contribution in [2.45, 2.75) is 26.4 Å². The largest absolute Gasteiger partial charge is 0.388 e. The smallest absolute Gasteiger partial charge is 0.137 e. The fourth-order valence-electron chi connectivity index (χ4n) is 1.93. The van der Waals surface area contributed by atoms with Gasteiger partial charge in [-0.25, -0.2) is 4.39 Å². The summed E-state index contributed by atoms with van der Waals surface area (Å²) in [5.41, 5.74) is 2.88. The summed E-state index contributed by atoms with van der Waals surface area (Å²) in [6.45, 7) is 3.62. The Morgan fingerprint density at radius 3 is 2.79 bits per heavy atom. The number of aliphatic hydroxyl groups is 1. The molecular weight excluding hydrogens is 311 g/mol. The van der Waals surface area contributed by atoms with E-state index in [1.165, 1.54) is 6.07 Å². The lowest BCUT2D eigenvalue weighted by Gasteiger charge is -2.14. The van der Waals surface area contributed by atoms with Crippen LogP contribution in [0.2, 0.25) is 0 Å². The molecule has 0 aliphatic rings. The molecule has 1 unspecified atom stereocenters. The Hall–Kier alpha value is -1.33. The highest BCUT2D eigenvalue weighted by Gasteiger charge is 2.15. The van der Waals surface area contributed by atoms with Gasteiger partial charge in [-0.1, -0.05) is 12.1 Å². The van der Waals surface area contributed by atoms with E-state index in [0.29, 0.717) is 16.6 Å². The van der Waals surface area contributed by atoms with Crippen molar-refractivity contribution < 1.29 is 9.50 Å². The van der Waals surface area contributed by atoms with Gasteiger partial charge in [0.05, 0.1) is 22.0 Å². The van der Waals surface area contributed by atoms with Crippen LogP contribution in [0.1, 0.15) is 28.6 Å². The van der Waals surface area contributed by atoms with Gasteiger partial charge in [-0.15, -0.1) is 0 Å². The Balaban J connectivity index is 2.28. The van der Waals surface area contributed by atoms with Crippen molar-refractivity contribution in [2.24, 2.45) is 0 Å². The molecule has 2 aromatic rings. The quantitative estimate of drug-likeness (QED) is 0.942. The fourth-order valence-corrected chi connectivity index (χ4v) is 2.36. The molecule has 1 aromatic carbocycles. The van der Waals surface area contributed by atoms with Gasteiger partial charge < -0.3 is 5.11 Å². The molecule has 0 aliphatic heterocycles. The van der Waals surface area contributed by atoms with Gasteiger partial charge in [0.1, 0.15) is 5.82 Å². The van der Waals surface area contributed by atoms with Gasteiger partial charge in [0.2, 0.25) is 0 Å². The molecule has 19 heavy (non-hydrogen) atoms. The summed E-state index contributed by atoms with van der Waals surface area (Å²) < 4.78 is 13.8. The number of nitrogens with zero attached hydrogens (tertiary/aromatic N) is 2. The summed E-state index contributed by atoms with van der Waals surface area (Å²) in [5.74, 6) is -0.328. The van der Waals surface area contributed by atoms with Crippen molar-refractivity contribution in [3.05, 3.63) is 57.1 Å². The second kappa shape index (κ2) is 5.75. The second-order valence-corrected chi connectivity index (χ2v) is 5.25. The van der Waals surface area contributed by atoms with Gasteiger partial charge in [0, 0.05) is 12.0 Å². The van der Waals surface area contributed by atoms with Crippen LogP contribution < -0.4 is 0 Å². The molecule has 1 aromatic heterocycles. The molecule has 1 atom stereocenters. The van der Waals surface area contributed by atoms with Gasteiger partial charge >= 0.3 is 0 Å². The second-order valence-electron chi connectivity index (χ2n) is 4.46. The van der Waals surface area contributed by atoms with Crippen molar-refractivity contribution in [3.8, 4) is 0 Å². The Labute approximate surface area is 119 Å². The number of aryl methyl sites for hydroxylation is 2. The molecule has 3 nitrogen and oxygen atoms in total. The number of aliphatic hydroxyl groups excluding tert-OH is 1. The van der Waals surface area contributed by atoms with Crippen molar-refractivity contribution in [2.75, 3.05) is 0 Å².